The molecular weight excluding hydrogens is 325 g/mol. The molecule has 1 aromatic carbocycles. The van der Waals surface area contributed by atoms with Gasteiger partial charge in [-0.05, 0) is 25.0 Å². The third-order valence-electron chi connectivity index (χ3n) is 4.69. The molecule has 22 heavy (non-hydrogen) atoms. The molecule has 3 rings (SSSR count). The summed E-state index contributed by atoms with van der Waals surface area (Å²) >= 11 is 12.4. The Balaban J connectivity index is 1.94. The lowest BCUT2D eigenvalue weighted by atomic mass is 9.86. The number of primary amides is 1. The number of nitrogens with one attached hydrogen (secondary N) is 1. The minimum atomic E-state index is -0.267. The average molecular weight is 344 g/mol. The van der Waals surface area contributed by atoms with E-state index in [0.29, 0.717) is 34.6 Å². The van der Waals surface area contributed by atoms with Crippen LogP contribution in [-0.4, -0.2) is 41.6 Å². The molecule has 2 fully saturated rings. The Bertz CT molecular complexity index is 592. The summed E-state index contributed by atoms with van der Waals surface area (Å²) in [5, 5.41) is 14.3. The molecule has 1 amide bonds. The third kappa shape index (κ3) is 2.78. The number of halogens is 2. The van der Waals surface area contributed by atoms with Crippen LogP contribution in [0, 0.1) is 5.92 Å². The average Bonchev–Trinajstić information content (AvgIpc) is 2.42. The van der Waals surface area contributed by atoms with Crippen molar-refractivity contribution in [1.82, 2.24) is 10.2 Å². The fourth-order valence-electron chi connectivity index (χ4n) is 3.32. The predicted molar refractivity (Wildman–Crippen MR) is 86.1 cm³/mol. The highest BCUT2D eigenvalue weighted by Gasteiger charge is 2.39. The number of phenols is 1. The maximum atomic E-state index is 11.5. The van der Waals surface area contributed by atoms with Crippen LogP contribution in [0.15, 0.2) is 12.1 Å². The van der Waals surface area contributed by atoms with Gasteiger partial charge in [-0.25, -0.2) is 0 Å². The second kappa shape index (κ2) is 6.24. The summed E-state index contributed by atoms with van der Waals surface area (Å²) in [6.07, 6.45) is 1.41. The van der Waals surface area contributed by atoms with Crippen LogP contribution >= 0.6 is 23.2 Å². The van der Waals surface area contributed by atoms with Gasteiger partial charge in [0.25, 0.3) is 0 Å². The molecule has 5 nitrogen and oxygen atoms in total. The summed E-state index contributed by atoms with van der Waals surface area (Å²) in [4.78, 5) is 13.8. The van der Waals surface area contributed by atoms with E-state index in [0.717, 1.165) is 19.5 Å². The first-order valence-corrected chi connectivity index (χ1v) is 8.17. The molecule has 2 aliphatic heterocycles. The van der Waals surface area contributed by atoms with Crippen LogP contribution < -0.4 is 11.1 Å². The summed E-state index contributed by atoms with van der Waals surface area (Å²) in [5.41, 5.74) is 6.14. The molecule has 0 aliphatic carbocycles. The van der Waals surface area contributed by atoms with Gasteiger partial charge in [-0.2, -0.15) is 0 Å². The normalized spacial score (nSPS) is 26.6. The zero-order valence-electron chi connectivity index (χ0n) is 12.1. The minimum Gasteiger partial charge on any atom is -0.508 e. The van der Waals surface area contributed by atoms with Crippen LogP contribution in [0.5, 0.6) is 5.75 Å². The van der Waals surface area contributed by atoms with E-state index in [1.54, 1.807) is 12.1 Å². The van der Waals surface area contributed by atoms with Crippen LogP contribution in [0.3, 0.4) is 0 Å². The summed E-state index contributed by atoms with van der Waals surface area (Å²) in [6, 6.07) is 3.43. The number of benzene rings is 1. The summed E-state index contributed by atoms with van der Waals surface area (Å²) in [5.74, 6) is -0.275. The lowest BCUT2D eigenvalue weighted by molar-refractivity contribution is -0.124. The summed E-state index contributed by atoms with van der Waals surface area (Å²) in [6.45, 7) is 2.32. The van der Waals surface area contributed by atoms with Crippen molar-refractivity contribution in [1.29, 1.82) is 0 Å². The first kappa shape index (κ1) is 15.9. The van der Waals surface area contributed by atoms with E-state index in [1.165, 1.54) is 0 Å². The third-order valence-corrected chi connectivity index (χ3v) is 5.51. The van der Waals surface area contributed by atoms with Gasteiger partial charge < -0.3 is 16.2 Å². The predicted octanol–water partition coefficient (Wildman–Crippen LogP) is 1.91. The number of carbonyl (C=O) groups excluding carboxylic acids is 1. The number of piperidine rings is 1. The van der Waals surface area contributed by atoms with E-state index in [4.69, 9.17) is 28.9 Å². The van der Waals surface area contributed by atoms with Gasteiger partial charge in [0.05, 0.1) is 16.0 Å². The van der Waals surface area contributed by atoms with Crippen LogP contribution in [0.25, 0.3) is 0 Å². The molecule has 2 atom stereocenters. The molecule has 1 unspecified atom stereocenters. The Labute approximate surface area is 139 Å². The summed E-state index contributed by atoms with van der Waals surface area (Å²) in [7, 11) is 0. The number of likely N-dealkylation sites (tertiary alicyclic amines) is 1. The Kier molecular flexibility index (Phi) is 4.50. The van der Waals surface area contributed by atoms with E-state index in [9.17, 15) is 9.90 Å². The maximum Gasteiger partial charge on any atom is 0.221 e. The number of hydrogen-bond acceptors (Lipinski definition) is 4. The fourth-order valence-corrected chi connectivity index (χ4v) is 3.78. The molecule has 4 N–H and O–H groups in total. The molecule has 0 bridgehead atoms. The topological polar surface area (TPSA) is 78.6 Å². The molecular formula is C15H19Cl2N3O2. The van der Waals surface area contributed by atoms with Gasteiger partial charge in [0.2, 0.25) is 5.91 Å². The molecule has 0 radical (unpaired) electrons. The molecule has 7 heteroatoms. The second-order valence-corrected chi connectivity index (χ2v) is 6.78. The van der Waals surface area contributed by atoms with Gasteiger partial charge in [-0.15, -0.1) is 0 Å². The van der Waals surface area contributed by atoms with Crippen molar-refractivity contribution in [2.75, 3.05) is 19.6 Å². The molecule has 0 aromatic heterocycles. The Morgan fingerprint density at radius 2 is 2.05 bits per heavy atom. The van der Waals surface area contributed by atoms with Crippen LogP contribution in [0.1, 0.15) is 24.4 Å². The Morgan fingerprint density at radius 3 is 2.64 bits per heavy atom. The Morgan fingerprint density at radius 1 is 1.32 bits per heavy atom. The van der Waals surface area contributed by atoms with E-state index >= 15 is 0 Å². The number of nitrogens with two attached hydrogens (primary N) is 1. The van der Waals surface area contributed by atoms with Crippen molar-refractivity contribution in [2.45, 2.75) is 24.9 Å². The number of aromatic hydroxyl groups is 1. The van der Waals surface area contributed by atoms with Crippen molar-refractivity contribution in [2.24, 2.45) is 11.7 Å². The maximum absolute atomic E-state index is 11.5. The fraction of sp³-hybridized carbons (Fsp3) is 0.533. The summed E-state index contributed by atoms with van der Waals surface area (Å²) < 4.78 is 0. The van der Waals surface area contributed by atoms with Crippen molar-refractivity contribution < 1.29 is 9.90 Å². The molecule has 2 heterocycles. The quantitative estimate of drug-likeness (QED) is 0.783. The van der Waals surface area contributed by atoms with Gasteiger partial charge in [0, 0.05) is 37.3 Å². The zero-order chi connectivity index (χ0) is 15.9. The lowest BCUT2D eigenvalue weighted by Gasteiger charge is -2.47. The largest absolute Gasteiger partial charge is 0.508 e. The van der Waals surface area contributed by atoms with Gasteiger partial charge in [0.15, 0.2) is 0 Å². The van der Waals surface area contributed by atoms with Crippen molar-refractivity contribution in [3.05, 3.63) is 27.7 Å². The molecule has 2 saturated heterocycles. The van der Waals surface area contributed by atoms with Gasteiger partial charge in [-0.3, -0.25) is 9.69 Å². The molecule has 0 saturated carbocycles. The smallest absolute Gasteiger partial charge is 0.221 e. The lowest BCUT2D eigenvalue weighted by Crippen LogP contribution is -2.60. The number of amides is 1. The standard InChI is InChI=1S/C15H19Cl2N3O2/c16-10-2-4-12(21)13(14(10)17)11-3-1-8(15(18)22)7-20(11)9-5-19-6-9/h2,4,8-9,11,19,21H,1,3,5-7H2,(H2,18,22)/t8?,11-/m1/s1. The van der Waals surface area contributed by atoms with E-state index in [-0.39, 0.29) is 23.6 Å². The highest BCUT2D eigenvalue weighted by atomic mass is 35.5. The monoisotopic (exact) mass is 343 g/mol. The second-order valence-electron chi connectivity index (χ2n) is 6.00. The Hall–Kier alpha value is -1.01. The number of nitrogens with zero attached hydrogens (tertiary/aromatic N) is 1. The van der Waals surface area contributed by atoms with E-state index in [1.807, 2.05) is 0 Å². The highest BCUT2D eigenvalue weighted by Crippen LogP contribution is 2.44. The number of hydrogen-bond donors (Lipinski definition) is 3. The molecule has 120 valence electrons. The van der Waals surface area contributed by atoms with E-state index in [2.05, 4.69) is 10.2 Å². The van der Waals surface area contributed by atoms with Crippen LogP contribution in [0.4, 0.5) is 0 Å². The van der Waals surface area contributed by atoms with Crippen molar-refractivity contribution in [3.63, 3.8) is 0 Å². The van der Waals surface area contributed by atoms with Crippen molar-refractivity contribution >= 4 is 29.1 Å². The molecule has 0 spiro atoms. The van der Waals surface area contributed by atoms with Crippen LogP contribution in [0.2, 0.25) is 10.0 Å². The van der Waals surface area contributed by atoms with Crippen molar-refractivity contribution in [3.8, 4) is 5.75 Å². The molecule has 1 aromatic rings. The van der Waals surface area contributed by atoms with Gasteiger partial charge >= 0.3 is 0 Å². The minimum absolute atomic E-state index is 0.0473. The van der Waals surface area contributed by atoms with E-state index < -0.39 is 0 Å². The number of phenolic OH excluding ortho intramolecular Hbond substituents is 1. The van der Waals surface area contributed by atoms with Gasteiger partial charge in [-0.1, -0.05) is 23.2 Å². The number of rotatable bonds is 3. The first-order chi connectivity index (χ1) is 10.5. The number of carbonyl (C=O) groups is 1. The van der Waals surface area contributed by atoms with Crippen LogP contribution in [-0.2, 0) is 4.79 Å². The zero-order valence-corrected chi connectivity index (χ0v) is 13.6. The van der Waals surface area contributed by atoms with Gasteiger partial charge in [0.1, 0.15) is 5.75 Å². The highest BCUT2D eigenvalue weighted by molar-refractivity contribution is 6.42. The molecule has 2 aliphatic rings. The first-order valence-electron chi connectivity index (χ1n) is 7.41. The SMILES string of the molecule is NC(=O)C1CC[C@H](c2c(O)ccc(Cl)c2Cl)N(C2CNC2)C1.